The van der Waals surface area contributed by atoms with Gasteiger partial charge in [0, 0.05) is 12.1 Å². The molecule has 1 aromatic rings. The number of carbonyl (C=O) groups is 2. The van der Waals surface area contributed by atoms with Gasteiger partial charge in [0.2, 0.25) is 5.91 Å². The van der Waals surface area contributed by atoms with Crippen molar-refractivity contribution in [3.8, 4) is 11.8 Å². The minimum atomic E-state index is -0.363. The molecule has 0 aliphatic carbocycles. The Morgan fingerprint density at radius 3 is 2.62 bits per heavy atom. The summed E-state index contributed by atoms with van der Waals surface area (Å²) >= 11 is 0. The van der Waals surface area contributed by atoms with Gasteiger partial charge in [-0.25, -0.2) is 0 Å². The highest BCUT2D eigenvalue weighted by Crippen LogP contribution is 2.06. The van der Waals surface area contributed by atoms with Gasteiger partial charge < -0.3 is 15.7 Å². The third kappa shape index (κ3) is 6.11. The third-order valence-electron chi connectivity index (χ3n) is 2.59. The smallest absolute Gasteiger partial charge is 0.252 e. The summed E-state index contributed by atoms with van der Waals surface area (Å²) < 4.78 is 0. The van der Waals surface area contributed by atoms with Crippen LogP contribution in [0, 0.1) is 17.8 Å². The highest BCUT2D eigenvalue weighted by atomic mass is 16.2. The monoisotopic (exact) mass is 288 g/mol. The Morgan fingerprint density at radius 2 is 1.95 bits per heavy atom. The molecular weight excluding hydrogens is 268 g/mol. The zero-order chi connectivity index (χ0) is 15.7. The lowest BCUT2D eigenvalue weighted by Crippen LogP contribution is -2.38. The molecule has 2 amide bonds. The molecule has 0 aliphatic rings. The van der Waals surface area contributed by atoms with Crippen LogP contribution in [-0.4, -0.2) is 36.6 Å². The lowest BCUT2D eigenvalue weighted by molar-refractivity contribution is -0.120. The predicted molar refractivity (Wildman–Crippen MR) is 80.6 cm³/mol. The largest absolute Gasteiger partial charge is 0.384 e. The van der Waals surface area contributed by atoms with Crippen LogP contribution in [0.25, 0.3) is 0 Å². The summed E-state index contributed by atoms with van der Waals surface area (Å²) in [6, 6.07) is 6.80. The molecule has 112 valence electrons. The molecule has 0 saturated carbocycles. The number of rotatable bonds is 5. The minimum Gasteiger partial charge on any atom is -0.384 e. The Labute approximate surface area is 124 Å². The van der Waals surface area contributed by atoms with Gasteiger partial charge >= 0.3 is 0 Å². The number of hydrogen-bond donors (Lipinski definition) is 3. The first kappa shape index (κ1) is 16.7. The summed E-state index contributed by atoms with van der Waals surface area (Å²) in [7, 11) is 0. The maximum atomic E-state index is 12.0. The zero-order valence-corrected chi connectivity index (χ0v) is 12.3. The number of hydrogen-bond acceptors (Lipinski definition) is 3. The van der Waals surface area contributed by atoms with E-state index < -0.39 is 0 Å². The maximum Gasteiger partial charge on any atom is 0.252 e. The lowest BCUT2D eigenvalue weighted by atomic mass is 10.1. The fraction of sp³-hybridized carbons (Fsp3) is 0.375. The molecule has 0 aromatic heterocycles. The second-order valence-electron chi connectivity index (χ2n) is 4.89. The Morgan fingerprint density at radius 1 is 1.24 bits per heavy atom. The summed E-state index contributed by atoms with van der Waals surface area (Å²) in [4.78, 5) is 23.6. The van der Waals surface area contributed by atoms with Crippen molar-refractivity contribution in [2.75, 3.05) is 19.7 Å². The second kappa shape index (κ2) is 8.77. The summed E-state index contributed by atoms with van der Waals surface area (Å²) in [6.45, 7) is 4.22. The molecule has 0 spiro atoms. The van der Waals surface area contributed by atoms with E-state index in [1.807, 2.05) is 13.8 Å². The van der Waals surface area contributed by atoms with Crippen LogP contribution < -0.4 is 10.6 Å². The van der Waals surface area contributed by atoms with E-state index >= 15 is 0 Å². The van der Waals surface area contributed by atoms with Gasteiger partial charge in [0.05, 0.1) is 12.1 Å². The van der Waals surface area contributed by atoms with Gasteiger partial charge in [0.1, 0.15) is 6.61 Å². The van der Waals surface area contributed by atoms with Crippen molar-refractivity contribution in [2.24, 2.45) is 5.92 Å². The van der Waals surface area contributed by atoms with Crippen LogP contribution >= 0.6 is 0 Å². The molecular formula is C16H20N2O3. The van der Waals surface area contributed by atoms with Crippen molar-refractivity contribution >= 4 is 11.8 Å². The molecule has 0 bridgehead atoms. The molecule has 5 nitrogen and oxygen atoms in total. The fourth-order valence-electron chi connectivity index (χ4n) is 1.56. The van der Waals surface area contributed by atoms with Crippen LogP contribution in [0.3, 0.4) is 0 Å². The number of amides is 2. The molecule has 0 atom stereocenters. The fourth-order valence-corrected chi connectivity index (χ4v) is 1.56. The number of benzene rings is 1. The van der Waals surface area contributed by atoms with Crippen molar-refractivity contribution < 1.29 is 14.7 Å². The highest BCUT2D eigenvalue weighted by Gasteiger charge is 2.11. The Hall–Kier alpha value is -2.32. The molecule has 1 aromatic carbocycles. The van der Waals surface area contributed by atoms with Crippen LogP contribution in [0.4, 0.5) is 0 Å². The van der Waals surface area contributed by atoms with Crippen molar-refractivity contribution in [2.45, 2.75) is 13.8 Å². The SMILES string of the molecule is CC(C)CNC(=O)CNC(=O)c1ccccc1C#CCO. The van der Waals surface area contributed by atoms with E-state index in [4.69, 9.17) is 5.11 Å². The molecule has 0 heterocycles. The number of nitrogens with one attached hydrogen (secondary N) is 2. The summed E-state index contributed by atoms with van der Waals surface area (Å²) in [5, 5.41) is 14.0. The van der Waals surface area contributed by atoms with Gasteiger partial charge in [-0.3, -0.25) is 9.59 Å². The summed E-state index contributed by atoms with van der Waals surface area (Å²) in [6.07, 6.45) is 0. The molecule has 0 aliphatic heterocycles. The van der Waals surface area contributed by atoms with Crippen LogP contribution in [0.5, 0.6) is 0 Å². The van der Waals surface area contributed by atoms with Crippen molar-refractivity contribution in [3.63, 3.8) is 0 Å². The van der Waals surface area contributed by atoms with E-state index in [-0.39, 0.29) is 25.0 Å². The molecule has 21 heavy (non-hydrogen) atoms. The van der Waals surface area contributed by atoms with E-state index in [1.54, 1.807) is 24.3 Å². The van der Waals surface area contributed by atoms with Gasteiger partial charge in [-0.05, 0) is 18.1 Å². The second-order valence-corrected chi connectivity index (χ2v) is 4.89. The Balaban J connectivity index is 2.62. The van der Waals surface area contributed by atoms with Gasteiger partial charge in [0.25, 0.3) is 5.91 Å². The number of carbonyl (C=O) groups excluding carboxylic acids is 2. The van der Waals surface area contributed by atoms with Crippen molar-refractivity contribution in [1.82, 2.24) is 10.6 Å². The molecule has 0 radical (unpaired) electrons. The van der Waals surface area contributed by atoms with E-state index in [1.165, 1.54) is 0 Å². The average Bonchev–Trinajstić information content (AvgIpc) is 2.48. The van der Waals surface area contributed by atoms with Crippen LogP contribution in [0.15, 0.2) is 24.3 Å². The molecule has 0 fully saturated rings. The van der Waals surface area contributed by atoms with E-state index in [9.17, 15) is 9.59 Å². The van der Waals surface area contributed by atoms with Crippen molar-refractivity contribution in [3.05, 3.63) is 35.4 Å². The highest BCUT2D eigenvalue weighted by molar-refractivity contribution is 5.98. The minimum absolute atomic E-state index is 0.0761. The first-order chi connectivity index (χ1) is 10.0. The lowest BCUT2D eigenvalue weighted by Gasteiger charge is -2.09. The molecule has 0 unspecified atom stereocenters. The van der Waals surface area contributed by atoms with Gasteiger partial charge in [-0.15, -0.1) is 0 Å². The quantitative estimate of drug-likeness (QED) is 0.692. The molecule has 5 heteroatoms. The topological polar surface area (TPSA) is 78.4 Å². The predicted octanol–water partition coefficient (Wildman–Crippen LogP) is 0.532. The van der Waals surface area contributed by atoms with Gasteiger partial charge in [-0.1, -0.05) is 37.8 Å². The van der Waals surface area contributed by atoms with Crippen LogP contribution in [0.2, 0.25) is 0 Å². The van der Waals surface area contributed by atoms with Gasteiger partial charge in [-0.2, -0.15) is 0 Å². The molecule has 0 saturated heterocycles. The normalized spacial score (nSPS) is 9.71. The molecule has 1 rings (SSSR count). The Bertz CT molecular complexity index is 556. The first-order valence-electron chi connectivity index (χ1n) is 6.78. The zero-order valence-electron chi connectivity index (χ0n) is 12.3. The van der Waals surface area contributed by atoms with E-state index in [2.05, 4.69) is 22.5 Å². The summed E-state index contributed by atoms with van der Waals surface area (Å²) in [5.74, 6) is 4.98. The first-order valence-corrected chi connectivity index (χ1v) is 6.78. The van der Waals surface area contributed by atoms with Crippen LogP contribution in [-0.2, 0) is 4.79 Å². The summed E-state index contributed by atoms with van der Waals surface area (Å²) in [5.41, 5.74) is 0.904. The standard InChI is InChI=1S/C16H20N2O3/c1-12(2)10-17-15(20)11-18-16(21)14-8-4-3-6-13(14)7-5-9-19/h3-4,6,8,12,19H,9-11H2,1-2H3,(H,17,20)(H,18,21). The third-order valence-corrected chi connectivity index (χ3v) is 2.59. The average molecular weight is 288 g/mol. The van der Waals surface area contributed by atoms with E-state index in [0.29, 0.717) is 23.6 Å². The Kier molecular flexibility index (Phi) is 6.99. The van der Waals surface area contributed by atoms with Crippen LogP contribution in [0.1, 0.15) is 29.8 Å². The molecule has 3 N–H and O–H groups in total. The maximum absolute atomic E-state index is 12.0. The van der Waals surface area contributed by atoms with E-state index in [0.717, 1.165) is 0 Å². The number of aliphatic hydroxyl groups is 1. The van der Waals surface area contributed by atoms with Crippen molar-refractivity contribution in [1.29, 1.82) is 0 Å². The van der Waals surface area contributed by atoms with Gasteiger partial charge in [0.15, 0.2) is 0 Å². The number of aliphatic hydroxyl groups excluding tert-OH is 1.